The number of hydrogen-bond acceptors (Lipinski definition) is 3. The van der Waals surface area contributed by atoms with Gasteiger partial charge in [-0.3, -0.25) is 4.72 Å². The summed E-state index contributed by atoms with van der Waals surface area (Å²) in [5.74, 6) is -2.07. The third kappa shape index (κ3) is 3.33. The molecule has 0 saturated heterocycles. The van der Waals surface area contributed by atoms with Gasteiger partial charge in [-0.25, -0.2) is 22.2 Å². The Bertz CT molecular complexity index is 815. The molecule has 1 N–H and O–H groups in total. The molecule has 0 amide bonds. The van der Waals surface area contributed by atoms with Gasteiger partial charge < -0.3 is 0 Å². The highest BCUT2D eigenvalue weighted by Gasteiger charge is 2.22. The monoisotopic (exact) mass is 396 g/mol. The van der Waals surface area contributed by atoms with Crippen molar-refractivity contribution in [3.05, 3.63) is 51.2 Å². The summed E-state index contributed by atoms with van der Waals surface area (Å²) in [5, 5.41) is -0.0817. The van der Waals surface area contributed by atoms with E-state index in [4.69, 9.17) is 11.6 Å². The van der Waals surface area contributed by atoms with Crippen LogP contribution in [0.4, 0.5) is 14.5 Å². The number of sulfonamides is 1. The molecule has 0 radical (unpaired) electrons. The van der Waals surface area contributed by atoms with E-state index >= 15 is 0 Å². The third-order valence-corrected chi connectivity index (χ3v) is 5.12. The van der Waals surface area contributed by atoms with Crippen molar-refractivity contribution in [3.63, 3.8) is 0 Å². The summed E-state index contributed by atoms with van der Waals surface area (Å²) >= 11 is 9.04. The minimum absolute atomic E-state index is 0.0229. The quantitative estimate of drug-likeness (QED) is 0.800. The Morgan fingerprint density at radius 3 is 2.62 bits per heavy atom. The zero-order valence-corrected chi connectivity index (χ0v) is 13.7. The van der Waals surface area contributed by atoms with Crippen molar-refractivity contribution >= 4 is 43.2 Å². The van der Waals surface area contributed by atoms with Crippen molar-refractivity contribution in [2.45, 2.75) is 11.8 Å². The van der Waals surface area contributed by atoms with Crippen molar-refractivity contribution in [2.24, 2.45) is 0 Å². The first-order chi connectivity index (χ1) is 9.72. The van der Waals surface area contributed by atoms with Gasteiger partial charge in [0, 0.05) is 16.7 Å². The van der Waals surface area contributed by atoms with Crippen LogP contribution < -0.4 is 4.72 Å². The SMILES string of the molecule is Cc1c(Br)cnc(Cl)c1NS(=O)(=O)c1ccc(F)cc1F. The molecule has 21 heavy (non-hydrogen) atoms. The summed E-state index contributed by atoms with van der Waals surface area (Å²) in [6.07, 6.45) is 1.41. The van der Waals surface area contributed by atoms with Gasteiger partial charge in [0.15, 0.2) is 5.15 Å². The first-order valence-corrected chi connectivity index (χ1v) is 8.16. The number of hydrogen-bond donors (Lipinski definition) is 1. The minimum Gasteiger partial charge on any atom is -0.276 e. The molecule has 2 aromatic rings. The normalized spacial score (nSPS) is 11.5. The molecule has 112 valence electrons. The Kier molecular flexibility index (Phi) is 4.50. The molecule has 1 aromatic carbocycles. The van der Waals surface area contributed by atoms with Crippen LogP contribution in [0, 0.1) is 18.6 Å². The van der Waals surface area contributed by atoms with Crippen molar-refractivity contribution in [1.29, 1.82) is 0 Å². The highest BCUT2D eigenvalue weighted by molar-refractivity contribution is 9.10. The summed E-state index contributed by atoms with van der Waals surface area (Å²) in [4.78, 5) is 3.11. The summed E-state index contributed by atoms with van der Waals surface area (Å²) in [6, 6.07) is 2.18. The summed E-state index contributed by atoms with van der Waals surface area (Å²) in [7, 11) is -4.26. The zero-order chi connectivity index (χ0) is 15.8. The Labute approximate surface area is 133 Å². The van der Waals surface area contributed by atoms with E-state index in [0.717, 1.165) is 12.1 Å². The fraction of sp³-hybridized carbons (Fsp3) is 0.0833. The molecular formula is C12H8BrClF2N2O2S. The van der Waals surface area contributed by atoms with Gasteiger partial charge in [0.2, 0.25) is 0 Å². The predicted molar refractivity (Wildman–Crippen MR) is 78.9 cm³/mol. The number of pyridine rings is 1. The van der Waals surface area contributed by atoms with Crippen LogP contribution in [0.15, 0.2) is 33.8 Å². The van der Waals surface area contributed by atoms with Gasteiger partial charge in [0.05, 0.1) is 5.69 Å². The van der Waals surface area contributed by atoms with E-state index < -0.39 is 26.6 Å². The van der Waals surface area contributed by atoms with Crippen LogP contribution in [0.1, 0.15) is 5.56 Å². The van der Waals surface area contributed by atoms with Gasteiger partial charge in [-0.05, 0) is 40.5 Å². The molecule has 0 bridgehead atoms. The van der Waals surface area contributed by atoms with Crippen LogP contribution in [0.25, 0.3) is 0 Å². The minimum atomic E-state index is -4.26. The third-order valence-electron chi connectivity index (χ3n) is 2.65. The van der Waals surface area contributed by atoms with E-state index in [1.807, 2.05) is 0 Å². The Morgan fingerprint density at radius 1 is 1.33 bits per heavy atom. The fourth-order valence-electron chi connectivity index (χ4n) is 1.55. The van der Waals surface area contributed by atoms with Gasteiger partial charge in [0.1, 0.15) is 16.5 Å². The Morgan fingerprint density at radius 2 is 2.00 bits per heavy atom. The number of nitrogens with zero attached hydrogens (tertiary/aromatic N) is 1. The highest BCUT2D eigenvalue weighted by Crippen LogP contribution is 2.31. The smallest absolute Gasteiger partial charge is 0.264 e. The fourth-order valence-corrected chi connectivity index (χ4v) is 3.34. The molecule has 0 spiro atoms. The number of aromatic nitrogens is 1. The number of halogens is 4. The molecule has 0 atom stereocenters. The van der Waals surface area contributed by atoms with E-state index in [1.54, 1.807) is 6.92 Å². The first-order valence-electron chi connectivity index (χ1n) is 5.51. The van der Waals surface area contributed by atoms with Crippen molar-refractivity contribution in [2.75, 3.05) is 4.72 Å². The molecule has 1 aromatic heterocycles. The Balaban J connectivity index is 2.50. The molecule has 0 fully saturated rings. The second-order valence-electron chi connectivity index (χ2n) is 4.08. The van der Waals surface area contributed by atoms with Gasteiger partial charge in [-0.15, -0.1) is 0 Å². The van der Waals surface area contributed by atoms with Crippen LogP contribution in [0.2, 0.25) is 5.15 Å². The maximum absolute atomic E-state index is 13.6. The lowest BCUT2D eigenvalue weighted by atomic mass is 10.3. The number of nitrogens with one attached hydrogen (secondary N) is 1. The number of rotatable bonds is 3. The van der Waals surface area contributed by atoms with Gasteiger partial charge in [-0.2, -0.15) is 0 Å². The zero-order valence-electron chi connectivity index (χ0n) is 10.5. The summed E-state index contributed by atoms with van der Waals surface area (Å²) in [5.41, 5.74) is 0.510. The van der Waals surface area contributed by atoms with Crippen LogP contribution in [-0.2, 0) is 10.0 Å². The van der Waals surface area contributed by atoms with E-state index in [-0.39, 0.29) is 10.8 Å². The lowest BCUT2D eigenvalue weighted by Gasteiger charge is -2.13. The molecule has 1 heterocycles. The average molecular weight is 398 g/mol. The molecule has 0 aliphatic heterocycles. The average Bonchev–Trinajstić information content (AvgIpc) is 2.39. The maximum Gasteiger partial charge on any atom is 0.264 e. The largest absolute Gasteiger partial charge is 0.276 e. The molecule has 0 unspecified atom stereocenters. The molecule has 0 aliphatic rings. The second-order valence-corrected chi connectivity index (χ2v) is 6.94. The van der Waals surface area contributed by atoms with Crippen LogP contribution in [0.5, 0.6) is 0 Å². The van der Waals surface area contributed by atoms with Crippen LogP contribution in [-0.4, -0.2) is 13.4 Å². The summed E-state index contributed by atoms with van der Waals surface area (Å²) < 4.78 is 53.5. The molecule has 2 rings (SSSR count). The maximum atomic E-state index is 13.6. The molecule has 4 nitrogen and oxygen atoms in total. The lowest BCUT2D eigenvalue weighted by molar-refractivity contribution is 0.551. The van der Waals surface area contributed by atoms with E-state index in [0.29, 0.717) is 16.1 Å². The second kappa shape index (κ2) is 5.86. The molecule has 9 heteroatoms. The molecular weight excluding hydrogens is 390 g/mol. The molecule has 0 aliphatic carbocycles. The topological polar surface area (TPSA) is 59.1 Å². The highest BCUT2D eigenvalue weighted by atomic mass is 79.9. The lowest BCUT2D eigenvalue weighted by Crippen LogP contribution is -2.16. The first kappa shape index (κ1) is 16.1. The predicted octanol–water partition coefficient (Wildman–Crippen LogP) is 3.88. The van der Waals surface area contributed by atoms with E-state index in [2.05, 4.69) is 25.6 Å². The van der Waals surface area contributed by atoms with E-state index in [9.17, 15) is 17.2 Å². The summed E-state index contributed by atoms with van der Waals surface area (Å²) in [6.45, 7) is 1.61. The number of benzene rings is 1. The Hall–Kier alpha value is -1.25. The standard InChI is InChI=1S/C12H8BrClF2N2O2S/c1-6-8(13)5-17-12(14)11(6)18-21(19,20)10-3-2-7(15)4-9(10)16/h2-5,18H,1H3. The van der Waals surface area contributed by atoms with Crippen molar-refractivity contribution in [3.8, 4) is 0 Å². The van der Waals surface area contributed by atoms with Crippen molar-refractivity contribution in [1.82, 2.24) is 4.98 Å². The van der Waals surface area contributed by atoms with Crippen LogP contribution >= 0.6 is 27.5 Å². The van der Waals surface area contributed by atoms with E-state index in [1.165, 1.54) is 6.20 Å². The van der Waals surface area contributed by atoms with Gasteiger partial charge in [-0.1, -0.05) is 11.6 Å². The molecule has 0 saturated carbocycles. The van der Waals surface area contributed by atoms with Crippen LogP contribution in [0.3, 0.4) is 0 Å². The number of anilines is 1. The van der Waals surface area contributed by atoms with Gasteiger partial charge in [0.25, 0.3) is 10.0 Å². The van der Waals surface area contributed by atoms with Crippen molar-refractivity contribution < 1.29 is 17.2 Å². The van der Waals surface area contributed by atoms with Gasteiger partial charge >= 0.3 is 0 Å².